The van der Waals surface area contributed by atoms with Gasteiger partial charge in [-0.05, 0) is 78.7 Å². The van der Waals surface area contributed by atoms with Crippen molar-refractivity contribution in [3.63, 3.8) is 0 Å². The van der Waals surface area contributed by atoms with Crippen molar-refractivity contribution in [3.05, 3.63) is 77.9 Å². The highest BCUT2D eigenvalue weighted by molar-refractivity contribution is 7.99. The maximum atomic E-state index is 11.8. The molecule has 8 heteroatoms. The van der Waals surface area contributed by atoms with E-state index < -0.39 is 5.91 Å². The summed E-state index contributed by atoms with van der Waals surface area (Å²) in [6, 6.07) is 21.0. The molecule has 0 saturated heterocycles. The van der Waals surface area contributed by atoms with E-state index in [0.29, 0.717) is 23.5 Å². The molecule has 0 fully saturated rings. The fourth-order valence-electron chi connectivity index (χ4n) is 3.75. The number of nitrogens with two attached hydrogens (primary N) is 1. The van der Waals surface area contributed by atoms with Gasteiger partial charge in [0.2, 0.25) is 5.91 Å². The van der Waals surface area contributed by atoms with E-state index in [2.05, 4.69) is 4.98 Å². The van der Waals surface area contributed by atoms with E-state index in [-0.39, 0.29) is 0 Å². The highest BCUT2D eigenvalue weighted by Gasteiger charge is 2.16. The Morgan fingerprint density at radius 1 is 0.857 bits per heavy atom. The van der Waals surface area contributed by atoms with Crippen molar-refractivity contribution in [1.82, 2.24) is 9.97 Å². The van der Waals surface area contributed by atoms with Crippen molar-refractivity contribution < 1.29 is 19.0 Å². The van der Waals surface area contributed by atoms with Gasteiger partial charge in [0.25, 0.3) is 0 Å². The predicted molar refractivity (Wildman–Crippen MR) is 139 cm³/mol. The highest BCUT2D eigenvalue weighted by Crippen LogP contribution is 2.34. The van der Waals surface area contributed by atoms with Crippen molar-refractivity contribution in [1.29, 1.82) is 0 Å². The summed E-state index contributed by atoms with van der Waals surface area (Å²) < 4.78 is 15.9. The number of aryl methyl sites for hydroxylation is 1. The van der Waals surface area contributed by atoms with Crippen LogP contribution in [0.2, 0.25) is 0 Å². The lowest BCUT2D eigenvalue weighted by atomic mass is 10.0. The number of aromatic nitrogens is 2. The first-order valence-electron chi connectivity index (χ1n) is 11.0. The van der Waals surface area contributed by atoms with Crippen molar-refractivity contribution in [2.45, 2.75) is 11.6 Å². The fourth-order valence-corrected chi connectivity index (χ4v) is 4.59. The number of amides is 1. The predicted octanol–water partition coefficient (Wildman–Crippen LogP) is 5.20. The van der Waals surface area contributed by atoms with Crippen LogP contribution in [0, 0.1) is 0 Å². The molecule has 180 valence electrons. The van der Waals surface area contributed by atoms with E-state index in [1.54, 1.807) is 45.2 Å². The summed E-state index contributed by atoms with van der Waals surface area (Å²) in [4.78, 5) is 20.2. The molecule has 0 bridgehead atoms. The molecule has 0 aliphatic rings. The number of nitrogens with zero attached hydrogens (tertiary/aromatic N) is 1. The Bertz CT molecular complexity index is 1240. The summed E-state index contributed by atoms with van der Waals surface area (Å²) in [5, 5.41) is 0.783. The topological polar surface area (TPSA) is 99.5 Å². The number of carbonyl (C=O) groups excluding carboxylic acids is 1. The molecule has 0 unspecified atom stereocenters. The SMILES string of the molecule is COc1ccc(-c2nc(SCCc3cc(OC)ccc3C(N)=O)[nH]c2-c2ccc(OC)cc2)cc1. The molecule has 1 aromatic heterocycles. The maximum absolute atomic E-state index is 11.8. The second kappa shape index (κ2) is 11.0. The van der Waals surface area contributed by atoms with E-state index in [9.17, 15) is 4.79 Å². The Balaban J connectivity index is 1.61. The molecule has 0 spiro atoms. The van der Waals surface area contributed by atoms with Gasteiger partial charge in [-0.15, -0.1) is 0 Å². The summed E-state index contributed by atoms with van der Waals surface area (Å²) in [6.07, 6.45) is 0.635. The van der Waals surface area contributed by atoms with Gasteiger partial charge in [0.05, 0.1) is 32.7 Å². The first-order chi connectivity index (χ1) is 17.0. The number of imidazole rings is 1. The summed E-state index contributed by atoms with van der Waals surface area (Å²) in [5.41, 5.74) is 10.6. The summed E-state index contributed by atoms with van der Waals surface area (Å²) >= 11 is 1.58. The average Bonchev–Trinajstić information content (AvgIpc) is 3.32. The summed E-state index contributed by atoms with van der Waals surface area (Å²) in [5.74, 6) is 2.52. The normalized spacial score (nSPS) is 10.7. The van der Waals surface area contributed by atoms with Crippen LogP contribution in [0.4, 0.5) is 0 Å². The van der Waals surface area contributed by atoms with Crippen LogP contribution in [0.3, 0.4) is 0 Å². The smallest absolute Gasteiger partial charge is 0.248 e. The van der Waals surface area contributed by atoms with Crippen molar-refractivity contribution >= 4 is 17.7 Å². The molecule has 0 aliphatic carbocycles. The molecule has 0 radical (unpaired) electrons. The molecular weight excluding hydrogens is 462 g/mol. The van der Waals surface area contributed by atoms with Gasteiger partial charge in [-0.3, -0.25) is 4.79 Å². The number of aromatic amines is 1. The minimum atomic E-state index is -0.450. The second-order valence-electron chi connectivity index (χ2n) is 7.71. The summed E-state index contributed by atoms with van der Waals surface area (Å²) in [6.45, 7) is 0. The standard InChI is InChI=1S/C27H27N3O4S/c1-32-20-8-4-17(5-9-20)24-25(18-6-10-21(33-2)11-7-18)30-27(29-24)35-15-14-19-16-22(34-3)12-13-23(19)26(28)31/h4-13,16H,14-15H2,1-3H3,(H2,28,31)(H,29,30). The third-order valence-electron chi connectivity index (χ3n) is 5.61. The lowest BCUT2D eigenvalue weighted by molar-refractivity contribution is 0.0999. The number of rotatable bonds is 10. The molecule has 3 N–H and O–H groups in total. The third kappa shape index (κ3) is 5.60. The summed E-state index contributed by atoms with van der Waals surface area (Å²) in [7, 11) is 4.89. The third-order valence-corrected chi connectivity index (χ3v) is 6.49. The number of carbonyl (C=O) groups is 1. The minimum absolute atomic E-state index is 0.450. The lowest BCUT2D eigenvalue weighted by Gasteiger charge is -2.08. The van der Waals surface area contributed by atoms with E-state index in [1.807, 2.05) is 54.6 Å². The second-order valence-corrected chi connectivity index (χ2v) is 8.79. The van der Waals surface area contributed by atoms with Crippen LogP contribution in [0.1, 0.15) is 15.9 Å². The maximum Gasteiger partial charge on any atom is 0.248 e. The van der Waals surface area contributed by atoms with Gasteiger partial charge in [-0.1, -0.05) is 11.8 Å². The molecule has 0 saturated carbocycles. The Morgan fingerprint density at radius 3 is 2.00 bits per heavy atom. The first-order valence-corrected chi connectivity index (χ1v) is 12.0. The molecule has 1 amide bonds. The van der Waals surface area contributed by atoms with Crippen molar-refractivity contribution in [2.24, 2.45) is 5.73 Å². The van der Waals surface area contributed by atoms with E-state index >= 15 is 0 Å². The fraction of sp³-hybridized carbons (Fsp3) is 0.185. The van der Waals surface area contributed by atoms with E-state index in [1.165, 1.54) is 0 Å². The number of nitrogens with one attached hydrogen (secondary N) is 1. The van der Waals surface area contributed by atoms with Crippen molar-refractivity contribution in [3.8, 4) is 39.8 Å². The number of hydrogen-bond donors (Lipinski definition) is 2. The Kier molecular flexibility index (Phi) is 7.62. The Hall–Kier alpha value is -3.91. The van der Waals surface area contributed by atoms with Crippen LogP contribution in [0.5, 0.6) is 17.2 Å². The van der Waals surface area contributed by atoms with Crippen LogP contribution < -0.4 is 19.9 Å². The molecule has 1 heterocycles. The molecule has 35 heavy (non-hydrogen) atoms. The van der Waals surface area contributed by atoms with Crippen LogP contribution >= 0.6 is 11.8 Å². The molecule has 0 atom stereocenters. The minimum Gasteiger partial charge on any atom is -0.497 e. The molecule has 4 aromatic rings. The van der Waals surface area contributed by atoms with Gasteiger partial charge in [-0.25, -0.2) is 4.98 Å². The number of methoxy groups -OCH3 is 3. The number of ether oxygens (including phenoxy) is 3. The molecule has 3 aromatic carbocycles. The monoisotopic (exact) mass is 489 g/mol. The van der Waals surface area contributed by atoms with Crippen LogP contribution in [-0.2, 0) is 6.42 Å². The zero-order chi connectivity index (χ0) is 24.8. The van der Waals surface area contributed by atoms with Gasteiger partial charge < -0.3 is 24.9 Å². The zero-order valence-corrected chi connectivity index (χ0v) is 20.6. The molecule has 0 aliphatic heterocycles. The number of H-pyrrole nitrogens is 1. The number of thioether (sulfide) groups is 1. The van der Waals surface area contributed by atoms with Gasteiger partial charge in [0.1, 0.15) is 17.2 Å². The van der Waals surface area contributed by atoms with E-state index in [4.69, 9.17) is 24.9 Å². The quantitative estimate of drug-likeness (QED) is 0.297. The largest absolute Gasteiger partial charge is 0.497 e. The number of benzene rings is 3. The molecular formula is C27H27N3O4S. The van der Waals surface area contributed by atoms with Gasteiger partial charge in [0.15, 0.2) is 5.16 Å². The Labute approximate surface area is 208 Å². The van der Waals surface area contributed by atoms with Gasteiger partial charge in [-0.2, -0.15) is 0 Å². The number of primary amides is 1. The Morgan fingerprint density at radius 2 is 1.43 bits per heavy atom. The van der Waals surface area contributed by atoms with Gasteiger partial charge >= 0.3 is 0 Å². The highest BCUT2D eigenvalue weighted by atomic mass is 32.2. The molecule has 7 nitrogen and oxygen atoms in total. The number of hydrogen-bond acceptors (Lipinski definition) is 6. The average molecular weight is 490 g/mol. The first kappa shape index (κ1) is 24.2. The van der Waals surface area contributed by atoms with E-state index in [0.717, 1.165) is 44.7 Å². The van der Waals surface area contributed by atoms with Crippen LogP contribution in [-0.4, -0.2) is 43.0 Å². The van der Waals surface area contributed by atoms with Crippen molar-refractivity contribution in [2.75, 3.05) is 27.1 Å². The van der Waals surface area contributed by atoms with Gasteiger partial charge in [0, 0.05) is 22.4 Å². The molecule has 4 rings (SSSR count). The zero-order valence-electron chi connectivity index (χ0n) is 19.8. The van der Waals surface area contributed by atoms with Crippen LogP contribution in [0.15, 0.2) is 71.9 Å². The lowest BCUT2D eigenvalue weighted by Crippen LogP contribution is -2.14. The van der Waals surface area contributed by atoms with Crippen LogP contribution in [0.25, 0.3) is 22.5 Å².